The number of unbranched alkanes of at least 4 members (excludes halogenated alkanes) is 33. The second-order valence-corrected chi connectivity index (χ2v) is 22.7. The number of ether oxygens (including phenoxy) is 3. The zero-order valence-corrected chi connectivity index (χ0v) is 53.3. The van der Waals surface area contributed by atoms with Crippen molar-refractivity contribution in [3.63, 3.8) is 0 Å². The molecular formula is C75H128O6. The maximum Gasteiger partial charge on any atom is 0.306 e. The van der Waals surface area contributed by atoms with Crippen molar-refractivity contribution in [3.8, 4) is 0 Å². The van der Waals surface area contributed by atoms with E-state index in [1.54, 1.807) is 0 Å². The largest absolute Gasteiger partial charge is 0.462 e. The molecule has 0 amide bonds. The summed E-state index contributed by atoms with van der Waals surface area (Å²) in [6, 6.07) is 0. The number of carbonyl (C=O) groups excluding carboxylic acids is 3. The molecule has 0 bridgehead atoms. The smallest absolute Gasteiger partial charge is 0.306 e. The summed E-state index contributed by atoms with van der Waals surface area (Å²) in [5.74, 6) is -0.903. The van der Waals surface area contributed by atoms with Gasteiger partial charge in [0.15, 0.2) is 6.10 Å². The molecule has 0 aliphatic heterocycles. The predicted molar refractivity (Wildman–Crippen MR) is 353 cm³/mol. The summed E-state index contributed by atoms with van der Waals surface area (Å²) in [5, 5.41) is 0. The van der Waals surface area contributed by atoms with Crippen LogP contribution in [0.25, 0.3) is 0 Å². The highest BCUT2D eigenvalue weighted by Crippen LogP contribution is 2.17. The van der Waals surface area contributed by atoms with Crippen LogP contribution in [0.1, 0.15) is 329 Å². The molecule has 0 saturated heterocycles. The van der Waals surface area contributed by atoms with Gasteiger partial charge < -0.3 is 14.2 Å². The Balaban J connectivity index is 4.13. The van der Waals surface area contributed by atoms with Crippen LogP contribution >= 0.6 is 0 Å². The summed E-state index contributed by atoms with van der Waals surface area (Å²) < 4.78 is 16.9. The van der Waals surface area contributed by atoms with Gasteiger partial charge in [-0.2, -0.15) is 0 Å². The van der Waals surface area contributed by atoms with Gasteiger partial charge in [0.25, 0.3) is 0 Å². The van der Waals surface area contributed by atoms with E-state index in [-0.39, 0.29) is 31.1 Å². The van der Waals surface area contributed by atoms with E-state index in [0.717, 1.165) is 141 Å². The maximum atomic E-state index is 12.9. The minimum absolute atomic E-state index is 0.0855. The fourth-order valence-electron chi connectivity index (χ4n) is 9.56. The second kappa shape index (κ2) is 68.6. The monoisotopic (exact) mass is 1120 g/mol. The van der Waals surface area contributed by atoms with E-state index < -0.39 is 6.10 Å². The van der Waals surface area contributed by atoms with Crippen LogP contribution < -0.4 is 0 Å². The first-order chi connectivity index (χ1) is 40.0. The van der Waals surface area contributed by atoms with Crippen LogP contribution in [0.5, 0.6) is 0 Å². The highest BCUT2D eigenvalue weighted by molar-refractivity contribution is 5.71. The van der Waals surface area contributed by atoms with Gasteiger partial charge in [0.2, 0.25) is 0 Å². The lowest BCUT2D eigenvalue weighted by molar-refractivity contribution is -0.167. The molecule has 6 nitrogen and oxygen atoms in total. The van der Waals surface area contributed by atoms with Crippen LogP contribution in [0.2, 0.25) is 0 Å². The first-order valence-electron chi connectivity index (χ1n) is 34.4. The first kappa shape index (κ1) is 77.1. The number of hydrogen-bond acceptors (Lipinski definition) is 6. The molecule has 1 atom stereocenters. The molecule has 81 heavy (non-hydrogen) atoms. The van der Waals surface area contributed by atoms with Gasteiger partial charge in [-0.1, -0.05) is 304 Å². The summed E-state index contributed by atoms with van der Waals surface area (Å²) in [6.45, 7) is 6.45. The Kier molecular flexibility index (Phi) is 65.2. The van der Waals surface area contributed by atoms with E-state index in [1.807, 2.05) is 0 Å². The predicted octanol–water partition coefficient (Wildman–Crippen LogP) is 23.8. The molecule has 0 aliphatic carbocycles. The average Bonchev–Trinajstić information content (AvgIpc) is 3.47. The van der Waals surface area contributed by atoms with Crippen molar-refractivity contribution < 1.29 is 28.6 Å². The number of hydrogen-bond donors (Lipinski definition) is 0. The number of rotatable bonds is 62. The maximum absolute atomic E-state index is 12.9. The van der Waals surface area contributed by atoms with Crippen LogP contribution in [0.4, 0.5) is 0 Å². The van der Waals surface area contributed by atoms with Crippen molar-refractivity contribution in [2.75, 3.05) is 13.2 Å². The van der Waals surface area contributed by atoms with Gasteiger partial charge >= 0.3 is 17.9 Å². The molecule has 0 saturated carbocycles. The van der Waals surface area contributed by atoms with E-state index in [0.29, 0.717) is 19.3 Å². The van der Waals surface area contributed by atoms with Gasteiger partial charge in [-0.15, -0.1) is 0 Å². The number of esters is 3. The third-order valence-corrected chi connectivity index (χ3v) is 14.7. The Morgan fingerprint density at radius 3 is 0.753 bits per heavy atom. The number of allylic oxidation sites excluding steroid dienone is 18. The number of carbonyl (C=O) groups is 3. The second-order valence-electron chi connectivity index (χ2n) is 22.7. The molecule has 1 unspecified atom stereocenters. The topological polar surface area (TPSA) is 78.9 Å². The summed E-state index contributed by atoms with van der Waals surface area (Å²) >= 11 is 0. The highest BCUT2D eigenvalue weighted by atomic mass is 16.6. The van der Waals surface area contributed by atoms with Gasteiger partial charge in [-0.25, -0.2) is 0 Å². The standard InChI is InChI=1S/C75H128O6/c1-4-7-10-13-16-19-22-25-28-29-30-31-32-33-34-35-36-37-38-39-40-41-42-43-44-45-46-47-48-51-53-56-59-62-65-68-74(77)80-71-72(81-75(78)69-66-63-60-57-54-50-27-24-21-18-15-12-9-6-3)70-79-73(76)67-64-61-58-55-52-49-26-23-20-17-14-11-8-5-2/h7,10,14-19,23-28,30-31,33-34,72H,4-6,8-9,11-13,20-22,29,32,35-71H2,1-3H3/b10-7-,17-14-,18-15-,19-16-,26-23-,27-24-,28-25-,31-30-,34-33-. The quantitative estimate of drug-likeness (QED) is 0.0261. The van der Waals surface area contributed by atoms with Crippen LogP contribution in [-0.2, 0) is 28.6 Å². The Morgan fingerprint density at radius 1 is 0.259 bits per heavy atom. The molecule has 0 heterocycles. The van der Waals surface area contributed by atoms with Crippen LogP contribution in [0.3, 0.4) is 0 Å². The lowest BCUT2D eigenvalue weighted by atomic mass is 10.0. The Bertz CT molecular complexity index is 1620. The Morgan fingerprint density at radius 2 is 0.481 bits per heavy atom. The summed E-state index contributed by atoms with van der Waals surface area (Å²) in [4.78, 5) is 38.3. The van der Waals surface area contributed by atoms with Crippen LogP contribution in [-0.4, -0.2) is 37.2 Å². The molecule has 0 aromatic rings. The lowest BCUT2D eigenvalue weighted by Crippen LogP contribution is -2.30. The van der Waals surface area contributed by atoms with Crippen molar-refractivity contribution in [1.82, 2.24) is 0 Å². The SMILES string of the molecule is CC/C=C\C/C=C\C/C=C\C/C=C\C/C=C\CCCCCCCCCCCCCCCCCCCCCC(=O)OCC(COC(=O)CCCCCCC/C=C\C/C=C\CCCC)OC(=O)CCCCCCC/C=C\C/C=C\CCCC. The highest BCUT2D eigenvalue weighted by Gasteiger charge is 2.19. The fraction of sp³-hybridized carbons (Fsp3) is 0.720. The van der Waals surface area contributed by atoms with Crippen molar-refractivity contribution >= 4 is 17.9 Å². The van der Waals surface area contributed by atoms with Crippen LogP contribution in [0, 0.1) is 0 Å². The van der Waals surface area contributed by atoms with Crippen LogP contribution in [0.15, 0.2) is 109 Å². The van der Waals surface area contributed by atoms with E-state index >= 15 is 0 Å². The van der Waals surface area contributed by atoms with Crippen molar-refractivity contribution in [3.05, 3.63) is 109 Å². The minimum Gasteiger partial charge on any atom is -0.462 e. The minimum atomic E-state index is -0.791. The van der Waals surface area contributed by atoms with Gasteiger partial charge in [0, 0.05) is 19.3 Å². The third kappa shape index (κ3) is 66.8. The molecule has 6 heteroatoms. The van der Waals surface area contributed by atoms with E-state index in [1.165, 1.54) is 148 Å². The average molecular weight is 1130 g/mol. The van der Waals surface area contributed by atoms with Crippen molar-refractivity contribution in [2.24, 2.45) is 0 Å². The van der Waals surface area contributed by atoms with Gasteiger partial charge in [-0.3, -0.25) is 14.4 Å². The van der Waals surface area contributed by atoms with Crippen molar-refractivity contribution in [1.29, 1.82) is 0 Å². The Hall–Kier alpha value is -3.93. The Labute approximate surface area is 501 Å². The summed E-state index contributed by atoms with van der Waals surface area (Å²) in [5.41, 5.74) is 0. The van der Waals surface area contributed by atoms with E-state index in [9.17, 15) is 14.4 Å². The lowest BCUT2D eigenvalue weighted by Gasteiger charge is -2.18. The molecule has 0 aromatic carbocycles. The van der Waals surface area contributed by atoms with Gasteiger partial charge in [0.05, 0.1) is 0 Å². The molecule has 0 fully saturated rings. The molecule has 0 rings (SSSR count). The van der Waals surface area contributed by atoms with Gasteiger partial charge in [0.1, 0.15) is 13.2 Å². The van der Waals surface area contributed by atoms with Gasteiger partial charge in [-0.05, 0) is 116 Å². The molecule has 0 radical (unpaired) electrons. The zero-order valence-electron chi connectivity index (χ0n) is 53.3. The normalized spacial score (nSPS) is 12.8. The third-order valence-electron chi connectivity index (χ3n) is 14.7. The molecule has 0 N–H and O–H groups in total. The summed E-state index contributed by atoms with van der Waals surface area (Å²) in [7, 11) is 0. The summed E-state index contributed by atoms with van der Waals surface area (Å²) in [6.07, 6.45) is 94.1. The zero-order chi connectivity index (χ0) is 58.5. The molecule has 0 aromatic heterocycles. The fourth-order valence-corrected chi connectivity index (χ4v) is 9.56. The molecule has 0 aliphatic rings. The molecular weight excluding hydrogens is 997 g/mol. The first-order valence-corrected chi connectivity index (χ1v) is 34.4. The molecule has 464 valence electrons. The van der Waals surface area contributed by atoms with E-state index in [4.69, 9.17) is 14.2 Å². The van der Waals surface area contributed by atoms with E-state index in [2.05, 4.69) is 130 Å². The molecule has 0 spiro atoms. The van der Waals surface area contributed by atoms with Crippen molar-refractivity contribution in [2.45, 2.75) is 335 Å².